The lowest BCUT2D eigenvalue weighted by atomic mass is 9.78. The lowest BCUT2D eigenvalue weighted by Gasteiger charge is -2.28. The van der Waals surface area contributed by atoms with Crippen LogP contribution in [-0.2, 0) is 12.8 Å². The molecule has 0 saturated carbocycles. The summed E-state index contributed by atoms with van der Waals surface area (Å²) in [5.74, 6) is 0.758. The van der Waals surface area contributed by atoms with E-state index in [-0.39, 0.29) is 12.4 Å². The molecule has 1 nitrogen and oxygen atoms in total. The van der Waals surface area contributed by atoms with Crippen LogP contribution in [0.2, 0.25) is 0 Å². The second-order valence-electron chi connectivity index (χ2n) is 4.54. The third-order valence-corrected chi connectivity index (χ3v) is 3.56. The van der Waals surface area contributed by atoms with Gasteiger partial charge in [0.05, 0.1) is 0 Å². The first-order valence-corrected chi connectivity index (χ1v) is 5.59. The standard InChI is InChI=1S/C13H17FO/c1-9(8-15)10-5-6-12-11(7-10)3-2-4-13(12)14/h2-4,9-10,15H,5-8H2,1H3. The van der Waals surface area contributed by atoms with Gasteiger partial charge in [-0.05, 0) is 48.3 Å². The zero-order valence-corrected chi connectivity index (χ0v) is 9.04. The molecule has 0 saturated heterocycles. The Morgan fingerprint density at radius 2 is 2.33 bits per heavy atom. The van der Waals surface area contributed by atoms with Crippen molar-refractivity contribution in [2.45, 2.75) is 26.2 Å². The fourth-order valence-corrected chi connectivity index (χ4v) is 2.42. The van der Waals surface area contributed by atoms with E-state index in [1.807, 2.05) is 6.07 Å². The molecule has 1 aliphatic rings. The first-order valence-electron chi connectivity index (χ1n) is 5.59. The quantitative estimate of drug-likeness (QED) is 0.792. The number of aliphatic hydroxyl groups excluding tert-OH is 1. The van der Waals surface area contributed by atoms with Crippen LogP contribution in [0.3, 0.4) is 0 Å². The molecular formula is C13H17FO. The van der Waals surface area contributed by atoms with Gasteiger partial charge in [-0.1, -0.05) is 19.1 Å². The summed E-state index contributed by atoms with van der Waals surface area (Å²) in [6.45, 7) is 2.30. The minimum atomic E-state index is -0.0670. The number of halogens is 1. The first kappa shape index (κ1) is 10.6. The second-order valence-corrected chi connectivity index (χ2v) is 4.54. The molecule has 0 radical (unpaired) electrons. The number of aliphatic hydroxyl groups is 1. The van der Waals surface area contributed by atoms with Crippen LogP contribution < -0.4 is 0 Å². The third-order valence-electron chi connectivity index (χ3n) is 3.56. The van der Waals surface area contributed by atoms with Gasteiger partial charge in [0.2, 0.25) is 0 Å². The average Bonchev–Trinajstić information content (AvgIpc) is 2.28. The summed E-state index contributed by atoms with van der Waals surface area (Å²) in [5.41, 5.74) is 2.02. The van der Waals surface area contributed by atoms with E-state index in [0.717, 1.165) is 30.4 Å². The van der Waals surface area contributed by atoms with Crippen LogP contribution in [0, 0.1) is 17.7 Å². The number of rotatable bonds is 2. The van der Waals surface area contributed by atoms with Crippen LogP contribution in [0.1, 0.15) is 24.5 Å². The predicted octanol–water partition coefficient (Wildman–Crippen LogP) is 2.56. The monoisotopic (exact) mass is 208 g/mol. The van der Waals surface area contributed by atoms with Gasteiger partial charge in [-0.2, -0.15) is 0 Å². The van der Waals surface area contributed by atoms with Crippen LogP contribution in [0.15, 0.2) is 18.2 Å². The maximum Gasteiger partial charge on any atom is 0.126 e. The highest BCUT2D eigenvalue weighted by atomic mass is 19.1. The molecule has 1 N–H and O–H groups in total. The summed E-state index contributed by atoms with van der Waals surface area (Å²) < 4.78 is 13.4. The van der Waals surface area contributed by atoms with E-state index < -0.39 is 0 Å². The highest BCUT2D eigenvalue weighted by Crippen LogP contribution is 2.31. The molecule has 1 aromatic carbocycles. The van der Waals surface area contributed by atoms with Crippen molar-refractivity contribution in [3.8, 4) is 0 Å². The van der Waals surface area contributed by atoms with Crippen molar-refractivity contribution in [1.29, 1.82) is 0 Å². The molecule has 0 fully saturated rings. The molecule has 82 valence electrons. The van der Waals surface area contributed by atoms with Crippen molar-refractivity contribution < 1.29 is 9.50 Å². The molecule has 2 rings (SSSR count). The molecule has 0 heterocycles. The summed E-state index contributed by atoms with van der Waals surface area (Å²) in [6.07, 6.45) is 2.72. The van der Waals surface area contributed by atoms with E-state index in [0.29, 0.717) is 11.8 Å². The lowest BCUT2D eigenvalue weighted by Crippen LogP contribution is -2.23. The van der Waals surface area contributed by atoms with E-state index in [9.17, 15) is 4.39 Å². The molecule has 0 bridgehead atoms. The van der Waals surface area contributed by atoms with Crippen molar-refractivity contribution in [2.75, 3.05) is 6.61 Å². The van der Waals surface area contributed by atoms with Crippen LogP contribution >= 0.6 is 0 Å². The molecule has 0 amide bonds. The highest BCUT2D eigenvalue weighted by Gasteiger charge is 2.24. The zero-order chi connectivity index (χ0) is 10.8. The Bertz CT molecular complexity index is 348. The Kier molecular flexibility index (Phi) is 3.06. The molecule has 0 aliphatic heterocycles. The molecule has 15 heavy (non-hydrogen) atoms. The Morgan fingerprint density at radius 1 is 1.53 bits per heavy atom. The SMILES string of the molecule is CC(CO)C1CCc2c(F)cccc2C1. The molecule has 2 atom stereocenters. The molecular weight excluding hydrogens is 191 g/mol. The fourth-order valence-electron chi connectivity index (χ4n) is 2.42. The van der Waals surface area contributed by atoms with Crippen molar-refractivity contribution in [3.63, 3.8) is 0 Å². The minimum Gasteiger partial charge on any atom is -0.396 e. The van der Waals surface area contributed by atoms with Gasteiger partial charge in [0, 0.05) is 6.61 Å². The third kappa shape index (κ3) is 2.05. The lowest BCUT2D eigenvalue weighted by molar-refractivity contribution is 0.177. The highest BCUT2D eigenvalue weighted by molar-refractivity contribution is 5.31. The smallest absolute Gasteiger partial charge is 0.126 e. The average molecular weight is 208 g/mol. The van der Waals surface area contributed by atoms with E-state index in [2.05, 4.69) is 6.92 Å². The summed E-state index contributed by atoms with van der Waals surface area (Å²) in [7, 11) is 0. The first-order chi connectivity index (χ1) is 7.22. The maximum absolute atomic E-state index is 13.4. The van der Waals surface area contributed by atoms with E-state index in [1.165, 1.54) is 6.07 Å². The molecule has 2 unspecified atom stereocenters. The molecule has 0 aromatic heterocycles. The van der Waals surface area contributed by atoms with Crippen molar-refractivity contribution in [2.24, 2.45) is 11.8 Å². The number of hydrogen-bond donors (Lipinski definition) is 1. The summed E-state index contributed by atoms with van der Waals surface area (Å²) in [6, 6.07) is 5.32. The van der Waals surface area contributed by atoms with E-state index in [4.69, 9.17) is 5.11 Å². The Labute approximate surface area is 89.9 Å². The maximum atomic E-state index is 13.4. The van der Waals surface area contributed by atoms with Crippen LogP contribution in [0.25, 0.3) is 0 Å². The normalized spacial score (nSPS) is 22.2. The van der Waals surface area contributed by atoms with Crippen LogP contribution in [-0.4, -0.2) is 11.7 Å². The Balaban J connectivity index is 2.20. The van der Waals surface area contributed by atoms with Gasteiger partial charge in [0.25, 0.3) is 0 Å². The molecule has 1 aliphatic carbocycles. The fraction of sp³-hybridized carbons (Fsp3) is 0.538. The van der Waals surface area contributed by atoms with Crippen molar-refractivity contribution in [3.05, 3.63) is 35.1 Å². The Hall–Kier alpha value is -0.890. The van der Waals surface area contributed by atoms with Gasteiger partial charge < -0.3 is 5.11 Å². The largest absolute Gasteiger partial charge is 0.396 e. The van der Waals surface area contributed by atoms with E-state index in [1.54, 1.807) is 6.07 Å². The summed E-state index contributed by atoms with van der Waals surface area (Å²) in [4.78, 5) is 0. The summed E-state index contributed by atoms with van der Waals surface area (Å²) >= 11 is 0. The van der Waals surface area contributed by atoms with Gasteiger partial charge in [-0.15, -0.1) is 0 Å². The van der Waals surface area contributed by atoms with Crippen molar-refractivity contribution >= 4 is 0 Å². The van der Waals surface area contributed by atoms with Gasteiger partial charge in [0.1, 0.15) is 5.82 Å². The minimum absolute atomic E-state index is 0.0670. The van der Waals surface area contributed by atoms with Crippen LogP contribution in [0.4, 0.5) is 4.39 Å². The van der Waals surface area contributed by atoms with Crippen molar-refractivity contribution in [1.82, 2.24) is 0 Å². The van der Waals surface area contributed by atoms with Crippen LogP contribution in [0.5, 0.6) is 0 Å². The van der Waals surface area contributed by atoms with Gasteiger partial charge >= 0.3 is 0 Å². The van der Waals surface area contributed by atoms with E-state index >= 15 is 0 Å². The van der Waals surface area contributed by atoms with Gasteiger partial charge in [-0.25, -0.2) is 4.39 Å². The number of benzene rings is 1. The molecule has 2 heteroatoms. The number of hydrogen-bond acceptors (Lipinski definition) is 1. The summed E-state index contributed by atoms with van der Waals surface area (Å²) in [5, 5.41) is 9.12. The molecule has 1 aromatic rings. The zero-order valence-electron chi connectivity index (χ0n) is 9.04. The molecule has 0 spiro atoms. The topological polar surface area (TPSA) is 20.2 Å². The Morgan fingerprint density at radius 3 is 3.07 bits per heavy atom. The number of fused-ring (bicyclic) bond motifs is 1. The van der Waals surface area contributed by atoms with Gasteiger partial charge in [-0.3, -0.25) is 0 Å². The second kappa shape index (κ2) is 4.31. The predicted molar refractivity (Wildman–Crippen MR) is 58.2 cm³/mol. The van der Waals surface area contributed by atoms with Gasteiger partial charge in [0.15, 0.2) is 0 Å².